The summed E-state index contributed by atoms with van der Waals surface area (Å²) in [5.74, 6) is -0.412. The van der Waals surface area contributed by atoms with E-state index in [1.165, 1.54) is 23.9 Å². The molecular weight excluding hydrogens is 311 g/mol. The predicted octanol–water partition coefficient (Wildman–Crippen LogP) is 3.67. The Morgan fingerprint density at radius 2 is 2.10 bits per heavy atom. The van der Waals surface area contributed by atoms with Crippen LogP contribution in [0.25, 0.3) is 0 Å². The minimum Gasteiger partial charge on any atom is -0.351 e. The number of nitrogens with zero attached hydrogens (tertiary/aromatic N) is 1. The van der Waals surface area contributed by atoms with Crippen LogP contribution < -0.4 is 5.32 Å². The average Bonchev–Trinajstić information content (AvgIpc) is 2.48. The molecule has 6 heteroatoms. The number of hydrogen-bond acceptors (Lipinski definition) is 3. The topological polar surface area (TPSA) is 42.0 Å². The summed E-state index contributed by atoms with van der Waals surface area (Å²) < 4.78 is 12.8. The average molecular weight is 325 g/mol. The first kappa shape index (κ1) is 15.8. The largest absolute Gasteiger partial charge is 0.351 e. The number of amides is 1. The molecule has 0 bridgehead atoms. The Kier molecular flexibility index (Phi) is 5.59. The lowest BCUT2D eigenvalue weighted by molar-refractivity contribution is -0.120. The maximum absolute atomic E-state index is 12.8. The van der Waals surface area contributed by atoms with Crippen LogP contribution in [0.1, 0.15) is 12.5 Å². The number of benzene rings is 1. The number of pyridine rings is 1. The van der Waals surface area contributed by atoms with Crippen LogP contribution in [-0.2, 0) is 11.3 Å². The highest BCUT2D eigenvalue weighted by Gasteiger charge is 2.16. The van der Waals surface area contributed by atoms with Crippen LogP contribution in [0, 0.1) is 5.82 Å². The van der Waals surface area contributed by atoms with E-state index in [9.17, 15) is 9.18 Å². The molecule has 1 heterocycles. The first-order valence-corrected chi connectivity index (χ1v) is 7.61. The van der Waals surface area contributed by atoms with E-state index in [1.807, 2.05) is 0 Å². The van der Waals surface area contributed by atoms with Crippen molar-refractivity contribution in [3.63, 3.8) is 0 Å². The zero-order chi connectivity index (χ0) is 15.2. The highest BCUT2D eigenvalue weighted by atomic mass is 35.5. The molecule has 1 aromatic heterocycles. The molecule has 0 aliphatic rings. The fourth-order valence-corrected chi connectivity index (χ4v) is 2.70. The second-order valence-electron chi connectivity index (χ2n) is 4.39. The molecule has 0 saturated carbocycles. The summed E-state index contributed by atoms with van der Waals surface area (Å²) in [4.78, 5) is 16.2. The fourth-order valence-electron chi connectivity index (χ4n) is 1.61. The molecule has 0 aliphatic carbocycles. The Bertz CT molecular complexity index is 621. The van der Waals surface area contributed by atoms with Crippen molar-refractivity contribution in [1.82, 2.24) is 10.3 Å². The molecule has 1 amide bonds. The second kappa shape index (κ2) is 7.43. The fraction of sp³-hybridized carbons (Fsp3) is 0.200. The van der Waals surface area contributed by atoms with Gasteiger partial charge in [0.05, 0.1) is 10.3 Å². The van der Waals surface area contributed by atoms with Crippen molar-refractivity contribution in [2.75, 3.05) is 0 Å². The van der Waals surface area contributed by atoms with Gasteiger partial charge in [-0.25, -0.2) is 9.37 Å². The molecule has 1 atom stereocenters. The summed E-state index contributed by atoms with van der Waals surface area (Å²) in [6, 6.07) is 9.50. The standard InChI is InChI=1S/C15H14ClFN2OS/c1-10(21-15-13(16)3-2-8-18-15)14(20)19-9-11-4-6-12(17)7-5-11/h2-8,10H,9H2,1H3,(H,19,20). The van der Waals surface area contributed by atoms with E-state index in [0.29, 0.717) is 16.6 Å². The molecule has 0 radical (unpaired) electrons. The van der Waals surface area contributed by atoms with Crippen molar-refractivity contribution in [2.45, 2.75) is 23.7 Å². The molecule has 3 nitrogen and oxygen atoms in total. The second-order valence-corrected chi connectivity index (χ2v) is 6.13. The van der Waals surface area contributed by atoms with Gasteiger partial charge in [0.1, 0.15) is 10.8 Å². The van der Waals surface area contributed by atoms with Crippen molar-refractivity contribution < 1.29 is 9.18 Å². The number of carbonyl (C=O) groups is 1. The highest BCUT2D eigenvalue weighted by molar-refractivity contribution is 8.00. The van der Waals surface area contributed by atoms with Gasteiger partial charge in [-0.15, -0.1) is 0 Å². The third-order valence-electron chi connectivity index (χ3n) is 2.76. The number of hydrogen-bond donors (Lipinski definition) is 1. The monoisotopic (exact) mass is 324 g/mol. The summed E-state index contributed by atoms with van der Waals surface area (Å²) in [5.41, 5.74) is 0.845. The van der Waals surface area contributed by atoms with Crippen LogP contribution in [0.4, 0.5) is 4.39 Å². The van der Waals surface area contributed by atoms with Crippen LogP contribution in [0.2, 0.25) is 5.02 Å². The van der Waals surface area contributed by atoms with Gasteiger partial charge >= 0.3 is 0 Å². The van der Waals surface area contributed by atoms with Gasteiger partial charge in [-0.3, -0.25) is 4.79 Å². The quantitative estimate of drug-likeness (QED) is 0.853. The Hall–Kier alpha value is -1.59. The van der Waals surface area contributed by atoms with Gasteiger partial charge in [0.25, 0.3) is 0 Å². The van der Waals surface area contributed by atoms with E-state index < -0.39 is 0 Å². The van der Waals surface area contributed by atoms with Gasteiger partial charge in [0.2, 0.25) is 5.91 Å². The Morgan fingerprint density at radius 3 is 2.76 bits per heavy atom. The summed E-state index contributed by atoms with van der Waals surface area (Å²) >= 11 is 7.31. The van der Waals surface area contributed by atoms with E-state index >= 15 is 0 Å². The van der Waals surface area contributed by atoms with Gasteiger partial charge in [-0.05, 0) is 36.8 Å². The molecule has 0 saturated heterocycles. The number of aromatic nitrogens is 1. The van der Waals surface area contributed by atoms with Crippen molar-refractivity contribution in [1.29, 1.82) is 0 Å². The van der Waals surface area contributed by atoms with Gasteiger partial charge in [0.15, 0.2) is 0 Å². The molecule has 1 N–H and O–H groups in total. The van der Waals surface area contributed by atoms with Gasteiger partial charge in [0, 0.05) is 12.7 Å². The molecule has 21 heavy (non-hydrogen) atoms. The zero-order valence-electron chi connectivity index (χ0n) is 11.3. The third-order valence-corrected chi connectivity index (χ3v) is 4.30. The summed E-state index contributed by atoms with van der Waals surface area (Å²) in [7, 11) is 0. The summed E-state index contributed by atoms with van der Waals surface area (Å²) in [6.07, 6.45) is 1.64. The van der Waals surface area contributed by atoms with Crippen molar-refractivity contribution in [3.8, 4) is 0 Å². The van der Waals surface area contributed by atoms with Crippen LogP contribution in [0.3, 0.4) is 0 Å². The molecule has 0 spiro atoms. The van der Waals surface area contributed by atoms with E-state index in [2.05, 4.69) is 10.3 Å². The van der Waals surface area contributed by atoms with Crippen LogP contribution in [0.5, 0.6) is 0 Å². The van der Waals surface area contributed by atoms with Crippen molar-refractivity contribution in [3.05, 3.63) is 59.0 Å². The van der Waals surface area contributed by atoms with Crippen LogP contribution >= 0.6 is 23.4 Å². The molecule has 1 aromatic carbocycles. The molecule has 0 aliphatic heterocycles. The maximum atomic E-state index is 12.8. The number of halogens is 2. The normalized spacial score (nSPS) is 12.0. The first-order chi connectivity index (χ1) is 10.1. The molecule has 0 fully saturated rings. The molecular formula is C15H14ClFN2OS. The molecule has 1 unspecified atom stereocenters. The van der Waals surface area contributed by atoms with Gasteiger partial charge in [-0.1, -0.05) is 35.5 Å². The third kappa shape index (κ3) is 4.72. The van der Waals surface area contributed by atoms with Gasteiger partial charge < -0.3 is 5.32 Å². The summed E-state index contributed by atoms with van der Waals surface area (Å²) in [6.45, 7) is 2.15. The SMILES string of the molecule is CC(Sc1ncccc1Cl)C(=O)NCc1ccc(F)cc1. The van der Waals surface area contributed by atoms with Crippen molar-refractivity contribution >= 4 is 29.3 Å². The van der Waals surface area contributed by atoms with E-state index in [-0.39, 0.29) is 17.0 Å². The van der Waals surface area contributed by atoms with Gasteiger partial charge in [-0.2, -0.15) is 0 Å². The number of carbonyl (C=O) groups excluding carboxylic acids is 1. The Balaban J connectivity index is 1.88. The summed E-state index contributed by atoms with van der Waals surface area (Å²) in [5, 5.41) is 3.64. The highest BCUT2D eigenvalue weighted by Crippen LogP contribution is 2.27. The Labute approximate surface area is 131 Å². The van der Waals surface area contributed by atoms with E-state index in [4.69, 9.17) is 11.6 Å². The lowest BCUT2D eigenvalue weighted by atomic mass is 10.2. The minimum absolute atomic E-state index is 0.119. The molecule has 110 valence electrons. The van der Waals surface area contributed by atoms with Crippen molar-refractivity contribution in [2.24, 2.45) is 0 Å². The number of nitrogens with one attached hydrogen (secondary N) is 1. The lowest BCUT2D eigenvalue weighted by Crippen LogP contribution is -2.30. The molecule has 2 rings (SSSR count). The van der Waals surface area contributed by atoms with E-state index in [0.717, 1.165) is 5.56 Å². The van der Waals surface area contributed by atoms with Crippen LogP contribution in [-0.4, -0.2) is 16.1 Å². The number of rotatable bonds is 5. The lowest BCUT2D eigenvalue weighted by Gasteiger charge is -2.12. The smallest absolute Gasteiger partial charge is 0.233 e. The molecule has 2 aromatic rings. The minimum atomic E-state index is -0.321. The van der Waals surface area contributed by atoms with E-state index in [1.54, 1.807) is 37.4 Å². The zero-order valence-corrected chi connectivity index (χ0v) is 12.9. The maximum Gasteiger partial charge on any atom is 0.233 e. The predicted molar refractivity (Wildman–Crippen MR) is 82.8 cm³/mol. The Morgan fingerprint density at radius 1 is 1.38 bits per heavy atom. The van der Waals surface area contributed by atoms with Crippen LogP contribution in [0.15, 0.2) is 47.6 Å². The first-order valence-electron chi connectivity index (χ1n) is 6.35. The number of thioether (sulfide) groups is 1.